The molecule has 1 fully saturated rings. The number of hydrogen-bond donors (Lipinski definition) is 1. The Morgan fingerprint density at radius 1 is 1.32 bits per heavy atom. The van der Waals surface area contributed by atoms with Gasteiger partial charge in [0.2, 0.25) is 0 Å². The lowest BCUT2D eigenvalue weighted by atomic mass is 10.1. The molecule has 1 N–H and O–H groups in total. The molecule has 3 nitrogen and oxygen atoms in total. The van der Waals surface area contributed by atoms with Crippen molar-refractivity contribution in [1.82, 2.24) is 9.88 Å². The normalized spacial score (nSPS) is 21.1. The number of nitrogens with one attached hydrogen (secondary N) is 1. The Morgan fingerprint density at radius 2 is 2.21 bits per heavy atom. The summed E-state index contributed by atoms with van der Waals surface area (Å²) in [4.78, 5) is 7.09. The molecule has 1 saturated heterocycles. The van der Waals surface area contributed by atoms with Crippen molar-refractivity contribution in [2.75, 3.05) is 18.4 Å². The topological polar surface area (TPSA) is 28.2 Å². The average molecular weight is 261 g/mol. The van der Waals surface area contributed by atoms with E-state index in [4.69, 9.17) is 0 Å². The highest BCUT2D eigenvalue weighted by molar-refractivity contribution is 5.35. The first-order valence-electron chi connectivity index (χ1n) is 7.72. The molecule has 2 heterocycles. The Morgan fingerprint density at radius 3 is 2.95 bits per heavy atom. The van der Waals surface area contributed by atoms with E-state index in [0.29, 0.717) is 6.04 Å². The van der Waals surface area contributed by atoms with Crippen molar-refractivity contribution in [3.8, 4) is 0 Å². The molecule has 1 aromatic rings. The summed E-state index contributed by atoms with van der Waals surface area (Å²) < 4.78 is 0. The molecular weight excluding hydrogens is 234 g/mol. The number of pyridine rings is 1. The van der Waals surface area contributed by atoms with Gasteiger partial charge < -0.3 is 5.32 Å². The van der Waals surface area contributed by atoms with Gasteiger partial charge >= 0.3 is 0 Å². The van der Waals surface area contributed by atoms with Gasteiger partial charge in [-0.25, -0.2) is 4.98 Å². The summed E-state index contributed by atoms with van der Waals surface area (Å²) in [6.45, 7) is 7.80. The molecule has 2 rings (SSSR count). The second-order valence-corrected chi connectivity index (χ2v) is 5.65. The zero-order valence-corrected chi connectivity index (χ0v) is 12.4. The molecule has 0 radical (unpaired) electrons. The van der Waals surface area contributed by atoms with Crippen molar-refractivity contribution in [1.29, 1.82) is 0 Å². The predicted molar refractivity (Wildman–Crippen MR) is 81.4 cm³/mol. The van der Waals surface area contributed by atoms with E-state index < -0.39 is 0 Å². The maximum absolute atomic E-state index is 4.49. The molecule has 0 amide bonds. The molecule has 1 aromatic heterocycles. The summed E-state index contributed by atoms with van der Waals surface area (Å²) in [5.74, 6) is 0.995. The first kappa shape index (κ1) is 14.3. The Hall–Kier alpha value is -1.09. The molecule has 1 aliphatic heterocycles. The van der Waals surface area contributed by atoms with Crippen LogP contribution in [0.5, 0.6) is 0 Å². The van der Waals surface area contributed by atoms with Crippen molar-refractivity contribution in [2.24, 2.45) is 0 Å². The second kappa shape index (κ2) is 7.49. The second-order valence-electron chi connectivity index (χ2n) is 5.65. The third-order valence-corrected chi connectivity index (χ3v) is 3.96. The lowest BCUT2D eigenvalue weighted by Crippen LogP contribution is -2.31. The van der Waals surface area contributed by atoms with Gasteiger partial charge in [0, 0.05) is 25.3 Å². The van der Waals surface area contributed by atoms with Crippen molar-refractivity contribution >= 4 is 5.82 Å². The van der Waals surface area contributed by atoms with Crippen LogP contribution in [0, 0.1) is 0 Å². The summed E-state index contributed by atoms with van der Waals surface area (Å²) in [7, 11) is 0. The number of hydrogen-bond acceptors (Lipinski definition) is 3. The Bertz CT molecular complexity index is 361. The van der Waals surface area contributed by atoms with Crippen molar-refractivity contribution in [3.05, 3.63) is 23.9 Å². The van der Waals surface area contributed by atoms with Gasteiger partial charge in [0.15, 0.2) is 0 Å². The maximum Gasteiger partial charge on any atom is 0.125 e. The lowest BCUT2D eigenvalue weighted by Gasteiger charge is -2.26. The first-order valence-corrected chi connectivity index (χ1v) is 7.72. The van der Waals surface area contributed by atoms with Crippen LogP contribution in [0.3, 0.4) is 0 Å². The average Bonchev–Trinajstić information content (AvgIpc) is 2.63. The molecule has 0 saturated carbocycles. The van der Waals surface area contributed by atoms with Crippen molar-refractivity contribution < 1.29 is 0 Å². The highest BCUT2D eigenvalue weighted by Gasteiger charge is 2.16. The minimum Gasteiger partial charge on any atom is -0.370 e. The van der Waals surface area contributed by atoms with Crippen LogP contribution in [0.2, 0.25) is 0 Å². The molecule has 19 heavy (non-hydrogen) atoms. The minimum absolute atomic E-state index is 0.709. The predicted octanol–water partition coefficient (Wildman–Crippen LogP) is 3.67. The number of likely N-dealkylation sites (tertiary alicyclic amines) is 1. The lowest BCUT2D eigenvalue weighted by molar-refractivity contribution is 0.204. The van der Waals surface area contributed by atoms with E-state index in [1.54, 1.807) is 0 Å². The summed E-state index contributed by atoms with van der Waals surface area (Å²) in [6.07, 6.45) is 8.61. The zero-order valence-electron chi connectivity index (χ0n) is 12.4. The highest BCUT2D eigenvalue weighted by atomic mass is 15.1. The Kier molecular flexibility index (Phi) is 5.64. The molecular formula is C16H27N3. The van der Waals surface area contributed by atoms with Gasteiger partial charge in [-0.3, -0.25) is 4.90 Å². The van der Waals surface area contributed by atoms with Crippen LogP contribution in [0.25, 0.3) is 0 Å². The van der Waals surface area contributed by atoms with Crippen LogP contribution in [0.1, 0.15) is 51.5 Å². The van der Waals surface area contributed by atoms with E-state index in [-0.39, 0.29) is 0 Å². The fraction of sp³-hybridized carbons (Fsp3) is 0.688. The van der Waals surface area contributed by atoms with Gasteiger partial charge in [-0.2, -0.15) is 0 Å². The minimum atomic E-state index is 0.709. The number of nitrogens with zero attached hydrogens (tertiary/aromatic N) is 2. The standard InChI is InChI=1S/C16H27N3/c1-3-10-17-16-9-8-15(12-18-16)13-19-11-6-4-5-7-14(19)2/h8-9,12,14H,3-7,10-11,13H2,1-2H3,(H,17,18). The highest BCUT2D eigenvalue weighted by Crippen LogP contribution is 2.19. The van der Waals surface area contributed by atoms with Gasteiger partial charge in [0.1, 0.15) is 5.82 Å². The van der Waals surface area contributed by atoms with Gasteiger partial charge in [-0.1, -0.05) is 25.8 Å². The molecule has 1 unspecified atom stereocenters. The molecule has 0 bridgehead atoms. The van der Waals surface area contributed by atoms with E-state index in [1.807, 2.05) is 6.20 Å². The summed E-state index contributed by atoms with van der Waals surface area (Å²) in [5.41, 5.74) is 1.33. The van der Waals surface area contributed by atoms with Gasteiger partial charge in [0.25, 0.3) is 0 Å². The van der Waals surface area contributed by atoms with Crippen molar-refractivity contribution in [3.63, 3.8) is 0 Å². The van der Waals surface area contributed by atoms with E-state index in [9.17, 15) is 0 Å². The fourth-order valence-corrected chi connectivity index (χ4v) is 2.68. The van der Waals surface area contributed by atoms with Gasteiger partial charge in [-0.05, 0) is 44.4 Å². The van der Waals surface area contributed by atoms with E-state index in [1.165, 1.54) is 37.8 Å². The Balaban J connectivity index is 1.90. The van der Waals surface area contributed by atoms with Crippen LogP contribution < -0.4 is 5.32 Å². The van der Waals surface area contributed by atoms with Gasteiger partial charge in [0.05, 0.1) is 0 Å². The molecule has 1 atom stereocenters. The van der Waals surface area contributed by atoms with Crippen LogP contribution in [-0.4, -0.2) is 29.0 Å². The summed E-state index contributed by atoms with van der Waals surface area (Å²) in [5, 5.41) is 3.32. The van der Waals surface area contributed by atoms with Gasteiger partial charge in [-0.15, -0.1) is 0 Å². The first-order chi connectivity index (χ1) is 9.29. The molecule has 0 spiro atoms. The molecule has 1 aliphatic rings. The number of aromatic nitrogens is 1. The van der Waals surface area contributed by atoms with Crippen molar-refractivity contribution in [2.45, 2.75) is 58.5 Å². The third kappa shape index (κ3) is 4.50. The van der Waals surface area contributed by atoms with E-state index >= 15 is 0 Å². The zero-order chi connectivity index (χ0) is 13.5. The summed E-state index contributed by atoms with van der Waals surface area (Å²) in [6, 6.07) is 5.02. The van der Waals surface area contributed by atoms with E-state index in [2.05, 4.69) is 41.2 Å². The molecule has 106 valence electrons. The summed E-state index contributed by atoms with van der Waals surface area (Å²) >= 11 is 0. The fourth-order valence-electron chi connectivity index (χ4n) is 2.68. The van der Waals surface area contributed by atoms with E-state index in [0.717, 1.165) is 25.3 Å². The largest absolute Gasteiger partial charge is 0.370 e. The Labute approximate surface area is 117 Å². The van der Waals surface area contributed by atoms with Crippen LogP contribution in [0.15, 0.2) is 18.3 Å². The maximum atomic E-state index is 4.49. The van der Waals surface area contributed by atoms with Crippen LogP contribution >= 0.6 is 0 Å². The molecule has 0 aromatic carbocycles. The monoisotopic (exact) mass is 261 g/mol. The molecule has 3 heteroatoms. The van der Waals surface area contributed by atoms with Crippen LogP contribution in [-0.2, 0) is 6.54 Å². The van der Waals surface area contributed by atoms with Crippen LogP contribution in [0.4, 0.5) is 5.82 Å². The molecule has 0 aliphatic carbocycles. The SMILES string of the molecule is CCCNc1ccc(CN2CCCCCC2C)cn1. The number of rotatable bonds is 5. The number of anilines is 1. The quantitative estimate of drug-likeness (QED) is 0.876. The smallest absolute Gasteiger partial charge is 0.125 e. The third-order valence-electron chi connectivity index (χ3n) is 3.96.